The van der Waals surface area contributed by atoms with E-state index in [1.807, 2.05) is 26.0 Å². The third kappa shape index (κ3) is 3.07. The Morgan fingerprint density at radius 2 is 1.87 bits per heavy atom. The number of imidazole rings is 1. The van der Waals surface area contributed by atoms with E-state index in [9.17, 15) is 14.0 Å². The van der Waals surface area contributed by atoms with Gasteiger partial charge < -0.3 is 0 Å². The lowest BCUT2D eigenvalue weighted by Gasteiger charge is -1.99. The minimum Gasteiger partial charge on any atom is -0.273 e. The minimum absolute atomic E-state index is 0.175. The third-order valence-corrected chi connectivity index (χ3v) is 6.37. The Kier molecular flexibility index (Phi) is 4.33. The molecular weight excluding hydrogens is 415 g/mol. The standard InChI is InChI=1S/C23H17FN4O2S/c1-12-4-9-18-20(13(12)2)25-23-28(18)22(30)19(31-23)10-16-11-27(14(3)29)26-21(16)15-5-7-17(24)8-6-15/h4-11H,1-3H3. The lowest BCUT2D eigenvalue weighted by atomic mass is 10.1. The highest BCUT2D eigenvalue weighted by Gasteiger charge is 2.16. The molecule has 0 amide bonds. The van der Waals surface area contributed by atoms with E-state index in [0.29, 0.717) is 26.3 Å². The second-order valence-corrected chi connectivity index (χ2v) is 8.43. The van der Waals surface area contributed by atoms with Gasteiger partial charge in [-0.3, -0.25) is 9.59 Å². The number of aryl methyl sites for hydroxylation is 2. The van der Waals surface area contributed by atoms with E-state index in [-0.39, 0.29) is 17.3 Å². The van der Waals surface area contributed by atoms with Crippen LogP contribution in [-0.2, 0) is 0 Å². The van der Waals surface area contributed by atoms with Gasteiger partial charge in [-0.15, -0.1) is 0 Å². The van der Waals surface area contributed by atoms with E-state index in [2.05, 4.69) is 10.1 Å². The van der Waals surface area contributed by atoms with Crippen LogP contribution in [-0.4, -0.2) is 25.1 Å². The Morgan fingerprint density at radius 1 is 1.13 bits per heavy atom. The molecule has 0 atom stereocenters. The van der Waals surface area contributed by atoms with Gasteiger partial charge in [0.05, 0.1) is 15.6 Å². The number of benzene rings is 2. The number of thiazole rings is 1. The number of hydrogen-bond acceptors (Lipinski definition) is 5. The molecule has 31 heavy (non-hydrogen) atoms. The molecule has 2 aromatic carbocycles. The van der Waals surface area contributed by atoms with Gasteiger partial charge in [0.15, 0.2) is 4.96 Å². The lowest BCUT2D eigenvalue weighted by Crippen LogP contribution is -2.22. The highest BCUT2D eigenvalue weighted by molar-refractivity contribution is 7.15. The summed E-state index contributed by atoms with van der Waals surface area (Å²) in [6.45, 7) is 5.42. The van der Waals surface area contributed by atoms with Crippen LogP contribution in [0, 0.1) is 19.7 Å². The highest BCUT2D eigenvalue weighted by atomic mass is 32.1. The zero-order valence-corrected chi connectivity index (χ0v) is 17.8. The Labute approximate surface area is 179 Å². The van der Waals surface area contributed by atoms with Gasteiger partial charge in [0.2, 0.25) is 5.91 Å². The van der Waals surface area contributed by atoms with Crippen LogP contribution in [0.4, 0.5) is 4.39 Å². The molecular formula is C23H17FN4O2S. The number of aromatic nitrogens is 4. The van der Waals surface area contributed by atoms with Crippen LogP contribution < -0.4 is 10.1 Å². The Hall–Kier alpha value is -3.65. The lowest BCUT2D eigenvalue weighted by molar-refractivity contribution is 0.0921. The molecule has 0 saturated heterocycles. The molecule has 0 N–H and O–H groups in total. The van der Waals surface area contributed by atoms with Crippen molar-refractivity contribution in [1.82, 2.24) is 19.2 Å². The number of nitrogens with zero attached hydrogens (tertiary/aromatic N) is 4. The molecule has 6 nitrogen and oxygen atoms in total. The molecule has 8 heteroatoms. The molecule has 0 fully saturated rings. The monoisotopic (exact) mass is 432 g/mol. The van der Waals surface area contributed by atoms with Gasteiger partial charge in [-0.2, -0.15) is 5.10 Å². The maximum absolute atomic E-state index is 13.4. The Balaban J connectivity index is 1.75. The van der Waals surface area contributed by atoms with Gasteiger partial charge in [-0.25, -0.2) is 18.5 Å². The molecule has 0 unspecified atom stereocenters. The van der Waals surface area contributed by atoms with Crippen molar-refractivity contribution in [1.29, 1.82) is 0 Å². The average Bonchev–Trinajstić information content (AvgIpc) is 3.40. The zero-order valence-electron chi connectivity index (χ0n) is 17.0. The van der Waals surface area contributed by atoms with E-state index in [1.54, 1.807) is 28.8 Å². The van der Waals surface area contributed by atoms with Crippen LogP contribution in [0.1, 0.15) is 28.4 Å². The number of halogens is 1. The number of carbonyl (C=O) groups is 1. The predicted molar refractivity (Wildman–Crippen MR) is 119 cm³/mol. The first-order valence-corrected chi connectivity index (χ1v) is 10.4. The molecule has 154 valence electrons. The van der Waals surface area contributed by atoms with Crippen molar-refractivity contribution in [3.63, 3.8) is 0 Å². The summed E-state index contributed by atoms with van der Waals surface area (Å²) in [4.78, 5) is 30.4. The van der Waals surface area contributed by atoms with E-state index >= 15 is 0 Å². The van der Waals surface area contributed by atoms with E-state index in [1.165, 1.54) is 35.1 Å². The third-order valence-electron chi connectivity index (χ3n) is 5.40. The first-order valence-electron chi connectivity index (χ1n) is 9.63. The van der Waals surface area contributed by atoms with Crippen molar-refractivity contribution in [3.05, 3.63) is 80.0 Å². The van der Waals surface area contributed by atoms with Crippen molar-refractivity contribution in [2.75, 3.05) is 0 Å². The SMILES string of the molecule is CC(=O)n1cc(C=c2sc3nc4c(C)c(C)ccc4n3c2=O)c(-c2ccc(F)cc2)n1. The predicted octanol–water partition coefficient (Wildman–Crippen LogP) is 3.74. The van der Waals surface area contributed by atoms with E-state index in [0.717, 1.165) is 22.2 Å². The normalized spacial score (nSPS) is 12.3. The van der Waals surface area contributed by atoms with Gasteiger partial charge in [0.25, 0.3) is 5.56 Å². The van der Waals surface area contributed by atoms with Crippen LogP contribution in [0.3, 0.4) is 0 Å². The fourth-order valence-corrected chi connectivity index (χ4v) is 4.56. The number of hydrogen-bond donors (Lipinski definition) is 0. The topological polar surface area (TPSA) is 69.3 Å². The first-order chi connectivity index (χ1) is 14.8. The van der Waals surface area contributed by atoms with E-state index < -0.39 is 0 Å². The molecule has 0 bridgehead atoms. The van der Waals surface area contributed by atoms with Crippen molar-refractivity contribution in [2.45, 2.75) is 20.8 Å². The Bertz CT molecular complexity index is 1610. The van der Waals surface area contributed by atoms with Crippen LogP contribution in [0.25, 0.3) is 33.3 Å². The van der Waals surface area contributed by atoms with Crippen LogP contribution in [0.2, 0.25) is 0 Å². The van der Waals surface area contributed by atoms with Crippen molar-refractivity contribution in [3.8, 4) is 11.3 Å². The second kappa shape index (κ2) is 6.95. The summed E-state index contributed by atoms with van der Waals surface area (Å²) < 4.78 is 16.7. The molecule has 0 aliphatic heterocycles. The maximum atomic E-state index is 13.4. The molecule has 0 radical (unpaired) electrons. The summed E-state index contributed by atoms with van der Waals surface area (Å²) in [5.41, 5.74) is 5.35. The van der Waals surface area contributed by atoms with Gasteiger partial charge in [-0.1, -0.05) is 17.4 Å². The van der Waals surface area contributed by atoms with Crippen LogP contribution in [0.5, 0.6) is 0 Å². The summed E-state index contributed by atoms with van der Waals surface area (Å²) in [5, 5.41) is 4.34. The first kappa shape index (κ1) is 19.3. The number of carbonyl (C=O) groups excluding carboxylic acids is 1. The largest absolute Gasteiger partial charge is 0.274 e. The Morgan fingerprint density at radius 3 is 2.58 bits per heavy atom. The minimum atomic E-state index is -0.362. The van der Waals surface area contributed by atoms with Gasteiger partial charge >= 0.3 is 0 Å². The summed E-state index contributed by atoms with van der Waals surface area (Å²) in [7, 11) is 0. The summed E-state index contributed by atoms with van der Waals surface area (Å²) in [6.07, 6.45) is 3.29. The molecule has 3 aromatic heterocycles. The summed E-state index contributed by atoms with van der Waals surface area (Å²) >= 11 is 1.28. The number of rotatable bonds is 2. The zero-order chi connectivity index (χ0) is 21.9. The van der Waals surface area contributed by atoms with E-state index in [4.69, 9.17) is 0 Å². The van der Waals surface area contributed by atoms with Gasteiger partial charge in [0, 0.05) is 24.2 Å². The maximum Gasteiger partial charge on any atom is 0.274 e. The molecule has 0 aliphatic carbocycles. The highest BCUT2D eigenvalue weighted by Crippen LogP contribution is 2.25. The summed E-state index contributed by atoms with van der Waals surface area (Å²) in [5.74, 6) is -0.623. The quantitative estimate of drug-likeness (QED) is 0.426. The average molecular weight is 432 g/mol. The fourth-order valence-electron chi connectivity index (χ4n) is 3.59. The molecule has 0 spiro atoms. The molecule has 0 aliphatic rings. The van der Waals surface area contributed by atoms with Crippen molar-refractivity contribution >= 4 is 39.3 Å². The second-order valence-electron chi connectivity index (χ2n) is 7.42. The fraction of sp³-hybridized carbons (Fsp3) is 0.130. The number of fused-ring (bicyclic) bond motifs is 3. The molecule has 0 saturated carbocycles. The van der Waals surface area contributed by atoms with Crippen LogP contribution >= 0.6 is 11.3 Å². The van der Waals surface area contributed by atoms with Crippen molar-refractivity contribution < 1.29 is 9.18 Å². The molecule has 3 heterocycles. The van der Waals surface area contributed by atoms with Gasteiger partial charge in [-0.05, 0) is 61.4 Å². The molecule has 5 aromatic rings. The summed E-state index contributed by atoms with van der Waals surface area (Å²) in [6, 6.07) is 9.75. The molecule has 5 rings (SSSR count). The van der Waals surface area contributed by atoms with Gasteiger partial charge in [0.1, 0.15) is 11.5 Å². The smallest absolute Gasteiger partial charge is 0.273 e. The van der Waals surface area contributed by atoms with Crippen molar-refractivity contribution in [2.24, 2.45) is 0 Å². The van der Waals surface area contributed by atoms with Crippen LogP contribution in [0.15, 0.2) is 47.4 Å².